The maximum absolute atomic E-state index is 11.6. The first-order chi connectivity index (χ1) is 14.1. The van der Waals surface area contributed by atoms with E-state index in [0.29, 0.717) is 25.7 Å². The van der Waals surface area contributed by atoms with Crippen molar-refractivity contribution >= 4 is 34.9 Å². The minimum atomic E-state index is -5.06. The van der Waals surface area contributed by atoms with E-state index in [1.807, 2.05) is 0 Å². The fraction of sp³-hybridized carbons (Fsp3) is 0.846. The second-order valence-electron chi connectivity index (χ2n) is 6.50. The number of nitrogens with two attached hydrogens (primary N) is 1. The third-order valence-corrected chi connectivity index (χ3v) is 8.65. The van der Waals surface area contributed by atoms with E-state index in [0.717, 1.165) is 0 Å². The van der Waals surface area contributed by atoms with Gasteiger partial charge in [0, 0.05) is 13.0 Å². The molecule has 0 aliphatic heterocycles. The van der Waals surface area contributed by atoms with Crippen LogP contribution in [0.4, 0.5) is 0 Å². The lowest BCUT2D eigenvalue weighted by Crippen LogP contribution is -2.34. The van der Waals surface area contributed by atoms with Gasteiger partial charge in [-0.15, -0.1) is 0 Å². The second-order valence-corrected chi connectivity index (χ2v) is 12.0. The van der Waals surface area contributed by atoms with Crippen LogP contribution in [0.15, 0.2) is 0 Å². The zero-order valence-electron chi connectivity index (χ0n) is 16.5. The van der Waals surface area contributed by atoms with Gasteiger partial charge in [0.1, 0.15) is 6.04 Å². The molecular weight excluding hydrogens is 485 g/mol. The fourth-order valence-corrected chi connectivity index (χ4v) is 5.43. The highest BCUT2D eigenvalue weighted by molar-refractivity contribution is 7.70. The molecule has 0 bridgehead atoms. The van der Waals surface area contributed by atoms with Crippen molar-refractivity contribution < 1.29 is 61.9 Å². The van der Waals surface area contributed by atoms with Crippen LogP contribution in [0.2, 0.25) is 0 Å². The molecule has 0 spiro atoms. The molecule has 31 heavy (non-hydrogen) atoms. The molecule has 15 nitrogen and oxygen atoms in total. The van der Waals surface area contributed by atoms with Crippen molar-refractivity contribution in [2.45, 2.75) is 50.0 Å². The summed E-state index contributed by atoms with van der Waals surface area (Å²) >= 11 is 0. The van der Waals surface area contributed by atoms with Crippen LogP contribution >= 0.6 is 23.0 Å². The summed E-state index contributed by atoms with van der Waals surface area (Å²) in [5.74, 6) is -2.01. The molecular formula is C13H29N2O13P3. The Bertz CT molecular complexity index is 699. The summed E-state index contributed by atoms with van der Waals surface area (Å²) in [6.07, 6.45) is 0.900. The molecule has 1 amide bonds. The molecule has 0 rings (SSSR count). The first-order valence-electron chi connectivity index (χ1n) is 9.03. The molecule has 0 aromatic heterocycles. The first-order valence-corrected chi connectivity index (χ1v) is 13.9. The fourth-order valence-electron chi connectivity index (χ4n) is 2.15. The van der Waals surface area contributed by atoms with Gasteiger partial charge in [0.2, 0.25) is 5.91 Å². The molecule has 0 saturated carbocycles. The summed E-state index contributed by atoms with van der Waals surface area (Å²) in [4.78, 5) is 67.4. The van der Waals surface area contributed by atoms with Crippen molar-refractivity contribution in [3.63, 3.8) is 0 Å². The topological polar surface area (TPSA) is 263 Å². The summed E-state index contributed by atoms with van der Waals surface area (Å²) in [6, 6.07) is -1.46. The molecule has 2 atom stereocenters. The maximum atomic E-state index is 11.6. The van der Waals surface area contributed by atoms with E-state index >= 15 is 0 Å². The van der Waals surface area contributed by atoms with Gasteiger partial charge in [0.05, 0.1) is 13.2 Å². The molecule has 184 valence electrons. The summed E-state index contributed by atoms with van der Waals surface area (Å²) in [5.41, 5.74) is 5.13. The van der Waals surface area contributed by atoms with E-state index in [2.05, 4.69) is 14.4 Å². The predicted molar refractivity (Wildman–Crippen MR) is 106 cm³/mol. The van der Waals surface area contributed by atoms with Gasteiger partial charge in [0.15, 0.2) is 5.40 Å². The number of carbonyl (C=O) groups is 2. The number of aliphatic carboxylic acids is 1. The number of carboxylic acids is 1. The molecule has 0 aromatic carbocycles. The normalized spacial score (nSPS) is 15.5. The van der Waals surface area contributed by atoms with Crippen molar-refractivity contribution in [2.75, 3.05) is 19.8 Å². The standard InChI is InChI=1S/C13H29N2O13P3/c14-10(13(17)18)9-28-31(25,26)27-8-4-2-1-3-7-15-11(16)5-6-12(29(19,20)21)30(22,23)24/h10,12H,1-9,14H2,(H,15,16)(H,17,18)(H,25,26)(H2,19,20,21)(H2,22,23,24). The molecule has 0 aliphatic carbocycles. The summed E-state index contributed by atoms with van der Waals surface area (Å²) in [5, 5.41) is 8.77. The Morgan fingerprint density at radius 3 is 1.97 bits per heavy atom. The molecule has 0 aliphatic rings. The smallest absolute Gasteiger partial charge is 0.472 e. The van der Waals surface area contributed by atoms with Crippen LogP contribution in [0.5, 0.6) is 0 Å². The molecule has 2 unspecified atom stereocenters. The van der Waals surface area contributed by atoms with Crippen LogP contribution in [0, 0.1) is 0 Å². The molecule has 0 radical (unpaired) electrons. The van der Waals surface area contributed by atoms with Gasteiger partial charge < -0.3 is 40.6 Å². The van der Waals surface area contributed by atoms with E-state index in [1.165, 1.54) is 0 Å². The van der Waals surface area contributed by atoms with E-state index in [-0.39, 0.29) is 13.2 Å². The molecule has 0 heterocycles. The van der Waals surface area contributed by atoms with Crippen molar-refractivity contribution in [2.24, 2.45) is 5.73 Å². The van der Waals surface area contributed by atoms with Crippen LogP contribution in [-0.2, 0) is 32.3 Å². The van der Waals surface area contributed by atoms with Crippen LogP contribution < -0.4 is 11.1 Å². The van der Waals surface area contributed by atoms with E-state index in [9.17, 15) is 28.2 Å². The minimum Gasteiger partial charge on any atom is -0.480 e. The van der Waals surface area contributed by atoms with Crippen LogP contribution in [0.3, 0.4) is 0 Å². The third kappa shape index (κ3) is 14.9. The Kier molecular flexibility index (Phi) is 13.5. The Morgan fingerprint density at radius 2 is 1.45 bits per heavy atom. The number of rotatable bonds is 17. The monoisotopic (exact) mass is 514 g/mol. The van der Waals surface area contributed by atoms with Gasteiger partial charge in [-0.05, 0) is 19.3 Å². The van der Waals surface area contributed by atoms with Crippen molar-refractivity contribution in [3.8, 4) is 0 Å². The number of carboxylic acid groups (broad SMARTS) is 1. The largest absolute Gasteiger partial charge is 0.480 e. The molecule has 0 saturated heterocycles. The van der Waals surface area contributed by atoms with Gasteiger partial charge >= 0.3 is 29.0 Å². The highest BCUT2D eigenvalue weighted by atomic mass is 31.2. The van der Waals surface area contributed by atoms with Gasteiger partial charge in [-0.3, -0.25) is 27.8 Å². The van der Waals surface area contributed by atoms with Gasteiger partial charge in [-0.2, -0.15) is 0 Å². The molecule has 0 aromatic rings. The Balaban J connectivity index is 3.93. The number of nitrogens with one attached hydrogen (secondary N) is 1. The van der Waals surface area contributed by atoms with E-state index < -0.39 is 65.8 Å². The highest BCUT2D eigenvalue weighted by Crippen LogP contribution is 2.61. The Labute approximate surface area is 178 Å². The van der Waals surface area contributed by atoms with Crippen molar-refractivity contribution in [3.05, 3.63) is 0 Å². The predicted octanol–water partition coefficient (Wildman–Crippen LogP) is -0.330. The Hall–Kier alpha value is -0.690. The lowest BCUT2D eigenvalue weighted by atomic mass is 10.2. The number of carbonyl (C=O) groups excluding carboxylic acids is 1. The lowest BCUT2D eigenvalue weighted by Gasteiger charge is -2.19. The van der Waals surface area contributed by atoms with Crippen molar-refractivity contribution in [1.29, 1.82) is 0 Å². The number of amides is 1. The van der Waals surface area contributed by atoms with Crippen LogP contribution in [0.1, 0.15) is 38.5 Å². The van der Waals surface area contributed by atoms with E-state index in [4.69, 9.17) is 30.4 Å². The van der Waals surface area contributed by atoms with Gasteiger partial charge in [0.25, 0.3) is 0 Å². The molecule has 0 fully saturated rings. The number of phosphoric ester groups is 1. The SMILES string of the molecule is NC(COP(=O)(O)OCCCCCCNC(=O)CCC(P(=O)(O)O)P(=O)(O)O)C(=O)O. The average Bonchev–Trinajstić information content (AvgIpc) is 2.59. The van der Waals surface area contributed by atoms with Crippen molar-refractivity contribution in [1.82, 2.24) is 5.32 Å². The summed E-state index contributed by atoms with van der Waals surface area (Å²) in [6.45, 7) is -0.606. The minimum absolute atomic E-state index is 0.130. The number of hydrogen-bond acceptors (Lipinski definition) is 8. The first kappa shape index (κ1) is 30.3. The Morgan fingerprint density at radius 1 is 0.903 bits per heavy atom. The summed E-state index contributed by atoms with van der Waals surface area (Å²) < 4.78 is 42.8. The van der Waals surface area contributed by atoms with Gasteiger partial charge in [-0.1, -0.05) is 12.8 Å². The lowest BCUT2D eigenvalue weighted by molar-refractivity contribution is -0.139. The zero-order chi connectivity index (χ0) is 24.3. The maximum Gasteiger partial charge on any atom is 0.472 e. The highest BCUT2D eigenvalue weighted by Gasteiger charge is 2.43. The average molecular weight is 514 g/mol. The number of unbranched alkanes of at least 4 members (excludes halogenated alkanes) is 3. The second kappa shape index (κ2) is 13.8. The molecule has 9 N–H and O–H groups in total. The molecule has 18 heteroatoms. The van der Waals surface area contributed by atoms with Gasteiger partial charge in [-0.25, -0.2) is 4.57 Å². The zero-order valence-corrected chi connectivity index (χ0v) is 19.2. The number of hydrogen-bond donors (Lipinski definition) is 8. The quantitative estimate of drug-likeness (QED) is 0.0913. The third-order valence-electron chi connectivity index (χ3n) is 3.79. The number of phosphoric acid groups is 1. The van der Waals surface area contributed by atoms with Crippen LogP contribution in [-0.4, -0.2) is 72.7 Å². The summed E-state index contributed by atoms with van der Waals surface area (Å²) in [7, 11) is -14.5. The van der Waals surface area contributed by atoms with E-state index in [1.54, 1.807) is 0 Å². The van der Waals surface area contributed by atoms with Crippen LogP contribution in [0.25, 0.3) is 0 Å².